The molecule has 1 aliphatic rings. The molecule has 1 fully saturated rings. The Morgan fingerprint density at radius 2 is 1.87 bits per heavy atom. The van der Waals surface area contributed by atoms with Crippen LogP contribution >= 0.6 is 0 Å². The molecule has 0 radical (unpaired) electrons. The van der Waals surface area contributed by atoms with E-state index < -0.39 is 0 Å². The number of likely N-dealkylation sites (tertiary alicyclic amines) is 1. The summed E-state index contributed by atoms with van der Waals surface area (Å²) in [6, 6.07) is 8.48. The molecule has 0 bridgehead atoms. The highest BCUT2D eigenvalue weighted by Crippen LogP contribution is 2.23. The Morgan fingerprint density at radius 3 is 2.65 bits per heavy atom. The van der Waals surface area contributed by atoms with Gasteiger partial charge in [-0.25, -0.2) is 0 Å². The summed E-state index contributed by atoms with van der Waals surface area (Å²) in [6.45, 7) is 4.43. The number of benzene rings is 1. The van der Waals surface area contributed by atoms with Crippen LogP contribution in [-0.2, 0) is 13.0 Å². The van der Waals surface area contributed by atoms with Crippen LogP contribution in [0.25, 0.3) is 10.9 Å². The molecule has 3 N–H and O–H groups in total. The molecule has 1 aromatic heterocycles. The molecule has 0 aliphatic carbocycles. The highest BCUT2D eigenvalue weighted by molar-refractivity contribution is 5.84. The number of piperidine rings is 1. The Kier molecular flexibility index (Phi) is 5.70. The van der Waals surface area contributed by atoms with Gasteiger partial charge in [-0.2, -0.15) is 0 Å². The first-order chi connectivity index (χ1) is 11.3. The molecule has 2 aromatic rings. The van der Waals surface area contributed by atoms with Gasteiger partial charge in [0, 0.05) is 30.2 Å². The van der Waals surface area contributed by atoms with Gasteiger partial charge < -0.3 is 20.3 Å². The predicted molar refractivity (Wildman–Crippen MR) is 95.6 cm³/mol. The summed E-state index contributed by atoms with van der Waals surface area (Å²) in [7, 11) is 0. The van der Waals surface area contributed by atoms with E-state index in [4.69, 9.17) is 5.73 Å². The van der Waals surface area contributed by atoms with Crippen LogP contribution in [0.4, 0.5) is 0 Å². The van der Waals surface area contributed by atoms with Gasteiger partial charge in [0.05, 0.1) is 6.10 Å². The van der Waals surface area contributed by atoms with Crippen LogP contribution in [0.5, 0.6) is 0 Å². The Labute approximate surface area is 138 Å². The predicted octanol–water partition coefficient (Wildman–Crippen LogP) is 2.38. The molecule has 1 unspecified atom stereocenters. The summed E-state index contributed by atoms with van der Waals surface area (Å²) in [5.74, 6) is 0. The number of nitrogens with zero attached hydrogens (tertiary/aromatic N) is 2. The maximum absolute atomic E-state index is 10.5. The lowest BCUT2D eigenvalue weighted by Gasteiger charge is -2.28. The molecule has 3 rings (SSSR count). The molecule has 4 nitrogen and oxygen atoms in total. The van der Waals surface area contributed by atoms with E-state index in [9.17, 15) is 5.11 Å². The summed E-state index contributed by atoms with van der Waals surface area (Å²) in [6.07, 6.45) is 7.77. The number of aliphatic hydroxyl groups is 1. The van der Waals surface area contributed by atoms with E-state index in [0.29, 0.717) is 6.54 Å². The number of β-amino-alcohol motifs (C(OH)–C–C–N with tert-alkyl or cyclic N) is 1. The van der Waals surface area contributed by atoms with Crippen molar-refractivity contribution in [3.05, 3.63) is 36.0 Å². The van der Waals surface area contributed by atoms with Crippen LogP contribution in [0.2, 0.25) is 0 Å². The van der Waals surface area contributed by atoms with Crippen LogP contribution in [0.3, 0.4) is 0 Å². The summed E-state index contributed by atoms with van der Waals surface area (Å²) in [4.78, 5) is 2.40. The van der Waals surface area contributed by atoms with E-state index in [1.54, 1.807) is 0 Å². The minimum atomic E-state index is -0.314. The first kappa shape index (κ1) is 16.5. The molecule has 2 heterocycles. The SMILES string of the molecule is NCCCc1cn(CC(O)CN2CCCCC2)c2ccccc12. The summed E-state index contributed by atoms with van der Waals surface area (Å²) in [5.41, 5.74) is 8.22. The van der Waals surface area contributed by atoms with Crippen molar-refractivity contribution in [3.63, 3.8) is 0 Å². The van der Waals surface area contributed by atoms with Gasteiger partial charge in [0.25, 0.3) is 0 Å². The molecule has 0 amide bonds. The fourth-order valence-corrected chi connectivity index (χ4v) is 3.69. The quantitative estimate of drug-likeness (QED) is 0.825. The summed E-state index contributed by atoms with van der Waals surface area (Å²) < 4.78 is 2.22. The first-order valence-electron chi connectivity index (χ1n) is 8.95. The number of aryl methyl sites for hydroxylation is 1. The van der Waals surface area contributed by atoms with Crippen molar-refractivity contribution in [2.75, 3.05) is 26.2 Å². The fourth-order valence-electron chi connectivity index (χ4n) is 3.69. The third kappa shape index (κ3) is 4.14. The van der Waals surface area contributed by atoms with Gasteiger partial charge in [-0.15, -0.1) is 0 Å². The first-order valence-corrected chi connectivity index (χ1v) is 8.95. The number of para-hydroxylation sites is 1. The van der Waals surface area contributed by atoms with Gasteiger partial charge >= 0.3 is 0 Å². The monoisotopic (exact) mass is 315 g/mol. The van der Waals surface area contributed by atoms with Crippen molar-refractivity contribution >= 4 is 10.9 Å². The normalized spacial score (nSPS) is 17.7. The maximum atomic E-state index is 10.5. The van der Waals surface area contributed by atoms with Gasteiger partial charge in [0.15, 0.2) is 0 Å². The van der Waals surface area contributed by atoms with Crippen molar-refractivity contribution in [3.8, 4) is 0 Å². The van der Waals surface area contributed by atoms with Gasteiger partial charge in [-0.3, -0.25) is 0 Å². The second kappa shape index (κ2) is 7.95. The number of fused-ring (bicyclic) bond motifs is 1. The molecule has 0 spiro atoms. The second-order valence-corrected chi connectivity index (χ2v) is 6.73. The number of hydrogen-bond donors (Lipinski definition) is 2. The zero-order chi connectivity index (χ0) is 16.1. The van der Waals surface area contributed by atoms with Crippen molar-refractivity contribution < 1.29 is 5.11 Å². The number of aliphatic hydroxyl groups excluding tert-OH is 1. The average molecular weight is 315 g/mol. The fraction of sp³-hybridized carbons (Fsp3) is 0.579. The third-order valence-corrected chi connectivity index (χ3v) is 4.85. The Bertz CT molecular complexity index is 616. The molecule has 1 aromatic carbocycles. The molecule has 4 heteroatoms. The zero-order valence-corrected chi connectivity index (χ0v) is 14.0. The minimum Gasteiger partial charge on any atom is -0.390 e. The van der Waals surface area contributed by atoms with Crippen LogP contribution < -0.4 is 5.73 Å². The largest absolute Gasteiger partial charge is 0.390 e. The van der Waals surface area contributed by atoms with Gasteiger partial charge in [-0.05, 0) is 56.9 Å². The molecular weight excluding hydrogens is 286 g/mol. The van der Waals surface area contributed by atoms with Crippen LogP contribution in [-0.4, -0.2) is 46.9 Å². The lowest BCUT2D eigenvalue weighted by atomic mass is 10.1. The van der Waals surface area contributed by atoms with Gasteiger partial charge in [0.1, 0.15) is 0 Å². The lowest BCUT2D eigenvalue weighted by Crippen LogP contribution is -2.37. The third-order valence-electron chi connectivity index (χ3n) is 4.85. The molecule has 23 heavy (non-hydrogen) atoms. The van der Waals surface area contributed by atoms with Gasteiger partial charge in [-0.1, -0.05) is 24.6 Å². The Morgan fingerprint density at radius 1 is 1.09 bits per heavy atom. The minimum absolute atomic E-state index is 0.314. The molecule has 1 atom stereocenters. The molecule has 126 valence electrons. The molecule has 1 saturated heterocycles. The standard InChI is InChI=1S/C19H29N3O/c20-10-6-7-16-13-22(19-9-3-2-8-18(16)19)15-17(23)14-21-11-4-1-5-12-21/h2-3,8-9,13,17,23H,1,4-7,10-12,14-15,20H2. The van der Waals surface area contributed by atoms with Crippen molar-refractivity contribution in [1.29, 1.82) is 0 Å². The number of nitrogens with two attached hydrogens (primary N) is 1. The van der Waals surface area contributed by atoms with E-state index >= 15 is 0 Å². The van der Waals surface area contributed by atoms with Crippen LogP contribution in [0.1, 0.15) is 31.2 Å². The molecule has 0 saturated carbocycles. The van der Waals surface area contributed by atoms with E-state index in [1.165, 1.54) is 35.7 Å². The van der Waals surface area contributed by atoms with Crippen LogP contribution in [0, 0.1) is 0 Å². The summed E-state index contributed by atoms with van der Waals surface area (Å²) in [5, 5.41) is 11.8. The number of rotatable bonds is 7. The molecule has 1 aliphatic heterocycles. The van der Waals surface area contributed by atoms with Gasteiger partial charge in [0.2, 0.25) is 0 Å². The van der Waals surface area contributed by atoms with E-state index in [2.05, 4.69) is 39.9 Å². The summed E-state index contributed by atoms with van der Waals surface area (Å²) >= 11 is 0. The number of hydrogen-bond acceptors (Lipinski definition) is 3. The van der Waals surface area contributed by atoms with E-state index in [-0.39, 0.29) is 6.10 Å². The maximum Gasteiger partial charge on any atom is 0.0845 e. The van der Waals surface area contributed by atoms with Crippen LogP contribution in [0.15, 0.2) is 30.5 Å². The Balaban J connectivity index is 1.71. The topological polar surface area (TPSA) is 54.4 Å². The number of aromatic nitrogens is 1. The zero-order valence-electron chi connectivity index (χ0n) is 14.0. The highest BCUT2D eigenvalue weighted by Gasteiger charge is 2.16. The lowest BCUT2D eigenvalue weighted by molar-refractivity contribution is 0.0892. The second-order valence-electron chi connectivity index (χ2n) is 6.73. The van der Waals surface area contributed by atoms with Crippen molar-refractivity contribution in [2.45, 2.75) is 44.8 Å². The smallest absolute Gasteiger partial charge is 0.0845 e. The van der Waals surface area contributed by atoms with Crippen molar-refractivity contribution in [2.24, 2.45) is 5.73 Å². The Hall–Kier alpha value is -1.36. The van der Waals surface area contributed by atoms with E-state index in [0.717, 1.165) is 39.0 Å². The molecular formula is C19H29N3O. The highest BCUT2D eigenvalue weighted by atomic mass is 16.3. The van der Waals surface area contributed by atoms with E-state index in [1.807, 2.05) is 0 Å². The van der Waals surface area contributed by atoms with Crippen molar-refractivity contribution in [1.82, 2.24) is 9.47 Å². The average Bonchev–Trinajstić information content (AvgIpc) is 2.92.